The van der Waals surface area contributed by atoms with Gasteiger partial charge in [-0.2, -0.15) is 54.0 Å². The summed E-state index contributed by atoms with van der Waals surface area (Å²) < 4.78 is 9.44. The molecule has 4 heterocycles. The number of alkyl carbamates (subject to hydrolysis) is 1. The molecular weight excluding hydrogens is 827 g/mol. The van der Waals surface area contributed by atoms with Crippen LogP contribution in [-0.2, 0) is 23.9 Å². The first-order chi connectivity index (χ1) is 26.5. The van der Waals surface area contributed by atoms with Crippen molar-refractivity contribution < 1.29 is 28.7 Å². The number of hydrogen-bond donors (Lipinski definition) is 3. The zero-order valence-electron chi connectivity index (χ0n) is 34.1. The number of H-pyrrole nitrogens is 2. The number of nitrogens with zero attached hydrogens (tertiary/aromatic N) is 4. The van der Waals surface area contributed by atoms with Gasteiger partial charge in [0.25, 0.3) is 0 Å². The minimum atomic E-state index is -0.942. The predicted octanol–water partition coefficient (Wildman–Crippen LogP) is 6.49. The van der Waals surface area contributed by atoms with E-state index in [1.165, 1.54) is 27.1 Å². The number of aromatic nitrogens is 4. The zero-order chi connectivity index (χ0) is 38.9. The molecule has 2 aromatic carbocycles. The molecule has 3 fully saturated rings. The molecule has 17 heteroatoms. The second kappa shape index (κ2) is 20.8. The van der Waals surface area contributed by atoms with Crippen LogP contribution in [0.15, 0.2) is 48.7 Å². The predicted molar refractivity (Wildman–Crippen MR) is 247 cm³/mol. The lowest BCUT2D eigenvalue weighted by Crippen LogP contribution is -2.48. The van der Waals surface area contributed by atoms with Crippen LogP contribution in [0.25, 0.3) is 22.3 Å². The number of amides is 3. The Balaban J connectivity index is 0.00000233. The van der Waals surface area contributed by atoms with Crippen molar-refractivity contribution in [2.24, 2.45) is 17.3 Å². The van der Waals surface area contributed by atoms with E-state index in [9.17, 15) is 19.2 Å². The van der Waals surface area contributed by atoms with E-state index >= 15 is 0 Å². The number of methoxy groups -OCH3 is 2. The number of likely N-dealkylation sites (tertiary alicyclic amines) is 2. The number of fused-ring (bicyclic) bond motifs is 1. The van der Waals surface area contributed by atoms with Gasteiger partial charge in [-0.3, -0.25) is 14.4 Å². The van der Waals surface area contributed by atoms with Gasteiger partial charge >= 0.3 is 12.1 Å². The Bertz CT molecular complexity index is 2160. The Morgan fingerprint density at radius 1 is 0.881 bits per heavy atom. The van der Waals surface area contributed by atoms with Crippen LogP contribution in [0.1, 0.15) is 101 Å². The maximum Gasteiger partial charge on any atom is 0.407 e. The van der Waals surface area contributed by atoms with E-state index in [1.807, 2.05) is 49.4 Å². The van der Waals surface area contributed by atoms with Gasteiger partial charge < -0.3 is 34.6 Å². The average Bonchev–Trinajstić information content (AvgIpc) is 3.68. The van der Waals surface area contributed by atoms with E-state index in [0.717, 1.165) is 58.6 Å². The molecule has 0 radical (unpaired) electrons. The molecule has 1 spiro atoms. The third-order valence-corrected chi connectivity index (χ3v) is 11.6. The lowest BCUT2D eigenvalue weighted by molar-refractivity contribution is -0.141. The number of ether oxygens (including phenoxy) is 2. The van der Waals surface area contributed by atoms with Gasteiger partial charge in [0.2, 0.25) is 11.8 Å². The highest BCUT2D eigenvalue weighted by molar-refractivity contribution is 7.59. The lowest BCUT2D eigenvalue weighted by Gasteiger charge is -2.28. The first kappa shape index (κ1) is 49.1. The fourth-order valence-corrected chi connectivity index (χ4v) is 7.75. The largest absolute Gasteiger partial charge is 0.469 e. The van der Waals surface area contributed by atoms with Crippen LogP contribution in [0.4, 0.5) is 4.79 Å². The molecule has 4 atom stereocenters. The number of carbonyl (C=O) groups is 4. The van der Waals surface area contributed by atoms with Crippen LogP contribution in [0, 0.1) is 29.1 Å². The van der Waals surface area contributed by atoms with Gasteiger partial charge in [-0.15, -0.1) is 0 Å². The van der Waals surface area contributed by atoms with Crippen molar-refractivity contribution in [3.05, 3.63) is 71.4 Å². The molecule has 3 N–H and O–H groups in total. The maximum atomic E-state index is 13.6. The molecule has 320 valence electrons. The third kappa shape index (κ3) is 10.9. The summed E-state index contributed by atoms with van der Waals surface area (Å²) in [5.74, 6) is 7.77. The fraction of sp³-hybridized carbons (Fsp3) is 0.476. The quantitative estimate of drug-likeness (QED) is 0.120. The topological polar surface area (TPSA) is 163 Å². The Hall–Kier alpha value is -4.24. The van der Waals surface area contributed by atoms with Crippen LogP contribution in [0.3, 0.4) is 0 Å². The van der Waals surface area contributed by atoms with E-state index < -0.39 is 18.1 Å². The molecule has 4 aromatic rings. The first-order valence-corrected chi connectivity index (χ1v) is 19.2. The molecule has 2 aromatic heterocycles. The van der Waals surface area contributed by atoms with E-state index in [1.54, 1.807) is 11.1 Å². The smallest absolute Gasteiger partial charge is 0.407 e. The summed E-state index contributed by atoms with van der Waals surface area (Å²) in [4.78, 5) is 71.2. The number of carbonyl (C=O) groups excluding carboxylic acids is 4. The number of hydrogen-bond acceptors (Lipinski definition) is 8. The van der Waals surface area contributed by atoms with Gasteiger partial charge in [-0.1, -0.05) is 44.7 Å². The molecule has 0 bridgehead atoms. The van der Waals surface area contributed by atoms with Crippen LogP contribution in [0.5, 0.6) is 0 Å². The Morgan fingerprint density at radius 2 is 1.58 bits per heavy atom. The van der Waals surface area contributed by atoms with E-state index in [2.05, 4.69) is 50.9 Å². The summed E-state index contributed by atoms with van der Waals surface area (Å²) in [5.41, 5.74) is 5.47. The van der Waals surface area contributed by atoms with E-state index in [0.29, 0.717) is 18.8 Å². The molecule has 3 amide bonds. The Morgan fingerprint density at radius 3 is 2.24 bits per heavy atom. The Labute approximate surface area is 373 Å². The average molecular weight is 884 g/mol. The molecular formula is C42H57N7O6S4. The van der Waals surface area contributed by atoms with Crippen molar-refractivity contribution in [1.29, 1.82) is 0 Å². The molecule has 1 aliphatic carbocycles. The molecule has 2 aliphatic heterocycles. The molecule has 0 unspecified atom stereocenters. The normalized spacial score (nSPS) is 18.3. The van der Waals surface area contributed by atoms with Crippen LogP contribution >= 0.6 is 54.0 Å². The van der Waals surface area contributed by atoms with Crippen molar-refractivity contribution in [2.75, 3.05) is 27.3 Å². The van der Waals surface area contributed by atoms with Crippen molar-refractivity contribution in [3.63, 3.8) is 0 Å². The van der Waals surface area contributed by atoms with E-state index in [-0.39, 0.29) is 108 Å². The summed E-state index contributed by atoms with van der Waals surface area (Å²) in [7, 11) is 2.51. The lowest BCUT2D eigenvalue weighted by atomic mass is 9.96. The van der Waals surface area contributed by atoms with E-state index in [4.69, 9.17) is 14.5 Å². The fourth-order valence-electron chi connectivity index (χ4n) is 7.75. The summed E-state index contributed by atoms with van der Waals surface area (Å²) in [6.07, 6.45) is 5.86. The van der Waals surface area contributed by atoms with Gasteiger partial charge in [0, 0.05) is 36.6 Å². The second-order valence-corrected chi connectivity index (χ2v) is 15.6. The maximum absolute atomic E-state index is 13.6. The number of nitrogens with one attached hydrogen (secondary N) is 3. The van der Waals surface area contributed by atoms with Gasteiger partial charge in [0.05, 0.1) is 49.2 Å². The molecule has 59 heavy (non-hydrogen) atoms. The van der Waals surface area contributed by atoms with Crippen LogP contribution in [-0.4, -0.2) is 87.0 Å². The van der Waals surface area contributed by atoms with Crippen molar-refractivity contribution in [1.82, 2.24) is 35.1 Å². The summed E-state index contributed by atoms with van der Waals surface area (Å²) in [5, 5.41) is 2.57. The molecule has 1 saturated carbocycles. The minimum absolute atomic E-state index is 0. The van der Waals surface area contributed by atoms with Gasteiger partial charge in [-0.05, 0) is 85.8 Å². The van der Waals surface area contributed by atoms with Crippen molar-refractivity contribution in [3.8, 4) is 23.1 Å². The van der Waals surface area contributed by atoms with Gasteiger partial charge in [-0.25, -0.2) is 14.8 Å². The molecule has 13 nitrogen and oxygen atoms in total. The first-order valence-electron chi connectivity index (χ1n) is 19.2. The summed E-state index contributed by atoms with van der Waals surface area (Å²) >= 11 is 0. The third-order valence-electron chi connectivity index (χ3n) is 11.6. The monoisotopic (exact) mass is 883 g/mol. The standard InChI is InChI=1S/C42H49N7O6.4H2S/c1-25(2)26(3)39(51)49-24-42(18-19-42)22-35(49)38-44-30-15-12-28(21-32(30)45-38)9-8-27-10-13-29(14-11-27)33-23-43-37(46-33)34-7-6-20-48(34)40(52)31(47-41(53)55-5)16-17-36(50)54-4;;;;/h10-15,21,23,25-26,31,34-35H,6-7,16-20,22,24H2,1-5H3,(H,43,46)(H,44,45)(H,47,53);4*1H2/t26-,31-,34-,35-;;;;/m0..../s1. The highest BCUT2D eigenvalue weighted by Gasteiger charge is 2.54. The molecule has 3 aliphatic rings. The molecule has 2 saturated heterocycles. The van der Waals surface area contributed by atoms with Gasteiger partial charge in [0.15, 0.2) is 0 Å². The second-order valence-electron chi connectivity index (χ2n) is 15.6. The molecule has 7 rings (SSSR count). The zero-order valence-corrected chi connectivity index (χ0v) is 38.1. The van der Waals surface area contributed by atoms with Crippen LogP contribution < -0.4 is 5.32 Å². The minimum Gasteiger partial charge on any atom is -0.469 e. The van der Waals surface area contributed by atoms with Crippen molar-refractivity contribution >= 4 is 88.9 Å². The number of rotatable bonds is 10. The van der Waals surface area contributed by atoms with Crippen molar-refractivity contribution in [2.45, 2.75) is 83.8 Å². The number of imidazole rings is 2. The number of esters is 1. The van der Waals surface area contributed by atoms with Crippen LogP contribution in [0.2, 0.25) is 0 Å². The van der Waals surface area contributed by atoms with Gasteiger partial charge in [0.1, 0.15) is 17.7 Å². The summed E-state index contributed by atoms with van der Waals surface area (Å²) in [6.45, 7) is 7.56. The highest BCUT2D eigenvalue weighted by Crippen LogP contribution is 2.58. The summed E-state index contributed by atoms with van der Waals surface area (Å²) in [6, 6.07) is 12.6. The Kier molecular flexibility index (Phi) is 17.3. The highest BCUT2D eigenvalue weighted by atomic mass is 32.1. The number of benzene rings is 2. The SMILES string of the molecule is COC(=O)CC[C@H](NC(=O)OC)C(=O)N1CCC[C@H]1c1ncc(-c2ccc(C#Cc3ccc4nc([C@@H]5CC6(CC6)CN5C(=O)[C@@H](C)C(C)C)[nH]c4c3)cc2)[nH]1.S.S.S.S. The number of aromatic amines is 2.